The Morgan fingerprint density at radius 1 is 0.305 bits per heavy atom. The average molecular weight is 752 g/mol. The Morgan fingerprint density at radius 3 is 1.44 bits per heavy atom. The van der Waals surface area contributed by atoms with Crippen LogP contribution in [-0.2, 0) is 0 Å². The summed E-state index contributed by atoms with van der Waals surface area (Å²) in [5.41, 5.74) is 11.5. The van der Waals surface area contributed by atoms with Gasteiger partial charge in [-0.2, -0.15) is 0 Å². The maximum absolute atomic E-state index is 6.67. The van der Waals surface area contributed by atoms with Crippen LogP contribution < -0.4 is 0 Å². The first-order valence-electron chi connectivity index (χ1n) is 19.9. The van der Waals surface area contributed by atoms with Crippen LogP contribution in [0.5, 0.6) is 0 Å². The van der Waals surface area contributed by atoms with Crippen LogP contribution in [-0.4, -0.2) is 15.0 Å². The number of fused-ring (bicyclic) bond motifs is 11. The molecule has 9 aromatic carbocycles. The summed E-state index contributed by atoms with van der Waals surface area (Å²) in [5.74, 6) is 0.692. The maximum atomic E-state index is 6.67. The van der Waals surface area contributed by atoms with E-state index in [1.165, 1.54) is 32.3 Å². The average Bonchev–Trinajstić information content (AvgIpc) is 3.72. The Morgan fingerprint density at radius 2 is 0.780 bits per heavy atom. The van der Waals surface area contributed by atoms with E-state index < -0.39 is 0 Å². The van der Waals surface area contributed by atoms with Crippen molar-refractivity contribution in [3.05, 3.63) is 200 Å². The zero-order valence-corrected chi connectivity index (χ0v) is 31.8. The van der Waals surface area contributed by atoms with Crippen LogP contribution in [0.15, 0.2) is 205 Å². The Balaban J connectivity index is 1.01. The van der Waals surface area contributed by atoms with E-state index in [-0.39, 0.29) is 0 Å². The molecule has 274 valence electrons. The second-order valence-corrected chi connectivity index (χ2v) is 15.1. The minimum atomic E-state index is 0.692. The molecule has 0 aliphatic rings. The van der Waals surface area contributed by atoms with Gasteiger partial charge in [0, 0.05) is 33.0 Å². The quantitative estimate of drug-likeness (QED) is 0.164. The summed E-state index contributed by atoms with van der Waals surface area (Å²) in [4.78, 5) is 15.5. The summed E-state index contributed by atoms with van der Waals surface area (Å²) in [6, 6.07) is 70.2. The van der Waals surface area contributed by atoms with Gasteiger partial charge in [0.1, 0.15) is 11.2 Å². The van der Waals surface area contributed by atoms with Gasteiger partial charge in [0.15, 0.2) is 5.82 Å². The lowest BCUT2D eigenvalue weighted by Crippen LogP contribution is -1.96. The highest BCUT2D eigenvalue weighted by Crippen LogP contribution is 2.42. The van der Waals surface area contributed by atoms with Crippen molar-refractivity contribution in [2.75, 3.05) is 0 Å². The molecular formula is C55H33N3O. The van der Waals surface area contributed by atoms with Crippen molar-refractivity contribution in [1.29, 1.82) is 0 Å². The van der Waals surface area contributed by atoms with E-state index in [1.807, 2.05) is 48.5 Å². The van der Waals surface area contributed by atoms with E-state index in [1.54, 1.807) is 0 Å². The molecule has 0 bridgehead atoms. The number of furan rings is 1. The van der Waals surface area contributed by atoms with Gasteiger partial charge in [-0.05, 0) is 73.8 Å². The highest BCUT2D eigenvalue weighted by molar-refractivity contribution is 6.26. The fourth-order valence-electron chi connectivity index (χ4n) is 8.81. The lowest BCUT2D eigenvalue weighted by Gasteiger charge is -2.13. The number of para-hydroxylation sites is 1. The monoisotopic (exact) mass is 751 g/mol. The summed E-state index contributed by atoms with van der Waals surface area (Å²) in [6.45, 7) is 0. The van der Waals surface area contributed by atoms with Crippen molar-refractivity contribution in [1.82, 2.24) is 15.0 Å². The topological polar surface area (TPSA) is 51.8 Å². The summed E-state index contributed by atoms with van der Waals surface area (Å²) in [6.07, 6.45) is 0. The van der Waals surface area contributed by atoms with Crippen LogP contribution in [0.4, 0.5) is 0 Å². The molecule has 0 amide bonds. The first-order valence-corrected chi connectivity index (χ1v) is 19.9. The number of hydrogen-bond donors (Lipinski definition) is 0. The molecule has 4 nitrogen and oxygen atoms in total. The van der Waals surface area contributed by atoms with Crippen LogP contribution in [0.25, 0.3) is 121 Å². The lowest BCUT2D eigenvalue weighted by molar-refractivity contribution is 0.672. The van der Waals surface area contributed by atoms with Gasteiger partial charge in [-0.3, -0.25) is 0 Å². The zero-order valence-electron chi connectivity index (χ0n) is 31.8. The number of aromatic nitrogens is 3. The second kappa shape index (κ2) is 13.3. The molecule has 0 N–H and O–H groups in total. The molecule has 0 saturated heterocycles. The molecule has 0 spiro atoms. The molecule has 0 aliphatic carbocycles. The van der Waals surface area contributed by atoms with E-state index in [2.05, 4.69) is 152 Å². The Bertz CT molecular complexity index is 3500. The van der Waals surface area contributed by atoms with Crippen molar-refractivity contribution in [2.24, 2.45) is 0 Å². The second-order valence-electron chi connectivity index (χ2n) is 15.1. The Labute approximate surface area is 339 Å². The molecule has 0 aliphatic heterocycles. The number of rotatable bonds is 5. The number of nitrogens with zero attached hydrogens (tertiary/aromatic N) is 3. The van der Waals surface area contributed by atoms with Gasteiger partial charge < -0.3 is 4.42 Å². The molecule has 0 radical (unpaired) electrons. The summed E-state index contributed by atoms with van der Waals surface area (Å²) in [7, 11) is 0. The van der Waals surface area contributed by atoms with Crippen molar-refractivity contribution >= 4 is 65.2 Å². The van der Waals surface area contributed by atoms with Gasteiger partial charge >= 0.3 is 0 Å². The predicted octanol–water partition coefficient (Wildman–Crippen LogP) is 14.7. The number of hydrogen-bond acceptors (Lipinski definition) is 4. The molecule has 4 heteroatoms. The Kier molecular flexibility index (Phi) is 7.50. The lowest BCUT2D eigenvalue weighted by atomic mass is 9.92. The van der Waals surface area contributed by atoms with Crippen LogP contribution in [0.2, 0.25) is 0 Å². The van der Waals surface area contributed by atoms with Gasteiger partial charge in [-0.25, -0.2) is 15.0 Å². The van der Waals surface area contributed by atoms with Gasteiger partial charge in [0.25, 0.3) is 0 Å². The fraction of sp³-hybridized carbons (Fsp3) is 0. The van der Waals surface area contributed by atoms with Crippen LogP contribution >= 0.6 is 0 Å². The van der Waals surface area contributed by atoms with Gasteiger partial charge in [-0.15, -0.1) is 0 Å². The highest BCUT2D eigenvalue weighted by atomic mass is 16.3. The minimum absolute atomic E-state index is 0.692. The summed E-state index contributed by atoms with van der Waals surface area (Å²) >= 11 is 0. The normalized spacial score (nSPS) is 11.7. The molecule has 0 atom stereocenters. The third kappa shape index (κ3) is 5.49. The smallest absolute Gasteiger partial charge is 0.160 e. The van der Waals surface area contributed by atoms with E-state index in [0.717, 1.165) is 83.3 Å². The third-order valence-electron chi connectivity index (χ3n) is 11.7. The molecule has 3 aromatic heterocycles. The molecule has 12 aromatic rings. The molecule has 0 unspecified atom stereocenters. The van der Waals surface area contributed by atoms with E-state index in [4.69, 9.17) is 19.4 Å². The van der Waals surface area contributed by atoms with E-state index in [0.29, 0.717) is 5.82 Å². The van der Waals surface area contributed by atoms with Crippen molar-refractivity contribution < 1.29 is 4.42 Å². The molecule has 12 rings (SSSR count). The SMILES string of the molecule is c1ccc(-c2cc(-c3ccc(-c4nc5cc(-c6ccc7c8ccccc8c8ccccc8c7c6)ccc5c5oc6ccccc6c45)cc3)nc(-c3ccccc3)n2)cc1. The molecule has 0 fully saturated rings. The Hall–Kier alpha value is -7.95. The van der Waals surface area contributed by atoms with Crippen LogP contribution in [0.3, 0.4) is 0 Å². The standard InChI is InChI=1S/C55H33N3O/c1-3-13-34(14-4-1)48-33-49(58-55(57-48)37-15-5-2-6-16-37)35-23-25-36(26-24-35)53-52-46-21-11-12-22-51(46)59-54(52)45-30-28-39(32-50(45)56-53)38-27-29-44-42-19-8-7-17-40(42)41-18-9-10-20-43(41)47(44)31-38/h1-33H. The van der Waals surface area contributed by atoms with Gasteiger partial charge in [0.05, 0.1) is 28.0 Å². The molecular weight excluding hydrogens is 719 g/mol. The fourth-order valence-corrected chi connectivity index (χ4v) is 8.81. The minimum Gasteiger partial charge on any atom is -0.455 e. The van der Waals surface area contributed by atoms with E-state index >= 15 is 0 Å². The first-order chi connectivity index (χ1) is 29.2. The van der Waals surface area contributed by atoms with Crippen LogP contribution in [0.1, 0.15) is 0 Å². The molecule has 3 heterocycles. The number of pyridine rings is 1. The van der Waals surface area contributed by atoms with Crippen molar-refractivity contribution in [2.45, 2.75) is 0 Å². The van der Waals surface area contributed by atoms with Crippen molar-refractivity contribution in [3.63, 3.8) is 0 Å². The van der Waals surface area contributed by atoms with Gasteiger partial charge in [-0.1, -0.05) is 170 Å². The van der Waals surface area contributed by atoms with Crippen molar-refractivity contribution in [3.8, 4) is 56.3 Å². The predicted molar refractivity (Wildman–Crippen MR) is 244 cm³/mol. The van der Waals surface area contributed by atoms with Gasteiger partial charge in [0.2, 0.25) is 0 Å². The highest BCUT2D eigenvalue weighted by Gasteiger charge is 2.19. The van der Waals surface area contributed by atoms with Crippen LogP contribution in [0, 0.1) is 0 Å². The summed E-state index contributed by atoms with van der Waals surface area (Å²) in [5, 5.41) is 10.6. The molecule has 0 saturated carbocycles. The third-order valence-corrected chi connectivity index (χ3v) is 11.7. The largest absolute Gasteiger partial charge is 0.455 e. The zero-order chi connectivity index (χ0) is 38.9. The first kappa shape index (κ1) is 33.2. The number of benzene rings is 9. The summed E-state index contributed by atoms with van der Waals surface area (Å²) < 4.78 is 6.67. The maximum Gasteiger partial charge on any atom is 0.160 e. The molecule has 59 heavy (non-hydrogen) atoms. The van der Waals surface area contributed by atoms with E-state index in [9.17, 15) is 0 Å².